The molecule has 2 amide bonds. The smallest absolute Gasteiger partial charge is 0.319 e. The molecule has 7 aliphatic rings. The Balaban J connectivity index is 0.672. The number of hydrogen-bond acceptors (Lipinski definition) is 12. The van der Waals surface area contributed by atoms with Gasteiger partial charge in [0.1, 0.15) is 57.6 Å². The van der Waals surface area contributed by atoms with Crippen LogP contribution in [0, 0.1) is 34.1 Å². The maximum absolute atomic E-state index is 17.2. The summed E-state index contributed by atoms with van der Waals surface area (Å²) in [6.45, 7) is 7.79. The Labute approximate surface area is 420 Å². The van der Waals surface area contributed by atoms with Gasteiger partial charge in [0.25, 0.3) is 0 Å². The van der Waals surface area contributed by atoms with Crippen LogP contribution in [0.25, 0.3) is 32.9 Å². The lowest BCUT2D eigenvalue weighted by Crippen LogP contribution is -2.59. The predicted molar refractivity (Wildman–Crippen MR) is 266 cm³/mol. The molecule has 12 rings (SSSR count). The molecule has 7 fully saturated rings. The van der Waals surface area contributed by atoms with E-state index >= 15 is 22.0 Å². The number of imide groups is 1. The van der Waals surface area contributed by atoms with Crippen LogP contribution in [-0.4, -0.2) is 124 Å². The Morgan fingerprint density at radius 1 is 0.849 bits per heavy atom. The lowest BCUT2D eigenvalue weighted by Gasteiger charge is -2.56. The van der Waals surface area contributed by atoms with E-state index in [0.29, 0.717) is 105 Å². The van der Waals surface area contributed by atoms with E-state index in [9.17, 15) is 14.7 Å². The van der Waals surface area contributed by atoms with Crippen molar-refractivity contribution in [2.75, 3.05) is 69.2 Å². The SMILES string of the molecule is CCc1c(F)ccc2cc(O)cc(-c3ncc4c(N5CC6CCC(C5)N6)nc(OCC5(CN6CCC7(CC6)CC(F)(CN6CCC(c8cc(F)c(NC9CCC(=O)NC9=O)c(F)c8)CC6)C7)CC5)nc4c3F)c12. The van der Waals surface area contributed by atoms with Gasteiger partial charge in [-0.2, -0.15) is 9.97 Å². The molecule has 0 radical (unpaired) electrons. The van der Waals surface area contributed by atoms with E-state index in [4.69, 9.17) is 14.7 Å². The molecule has 5 saturated heterocycles. The van der Waals surface area contributed by atoms with E-state index in [2.05, 4.69) is 35.6 Å². The second kappa shape index (κ2) is 18.6. The molecule has 13 nitrogen and oxygen atoms in total. The van der Waals surface area contributed by atoms with Gasteiger partial charge >= 0.3 is 6.01 Å². The zero-order chi connectivity index (χ0) is 50.4. The number of aryl methyl sites for hydroxylation is 1. The summed E-state index contributed by atoms with van der Waals surface area (Å²) in [5.74, 6) is -3.26. The molecule has 3 aromatic carbocycles. The molecule has 1 spiro atoms. The second-order valence-electron chi connectivity index (χ2n) is 22.7. The Morgan fingerprint density at radius 3 is 2.25 bits per heavy atom. The Bertz CT molecular complexity index is 2970. The summed E-state index contributed by atoms with van der Waals surface area (Å²) in [4.78, 5) is 44.8. The number of benzene rings is 3. The zero-order valence-corrected chi connectivity index (χ0v) is 41.2. The Kier molecular flexibility index (Phi) is 12.3. The second-order valence-corrected chi connectivity index (χ2v) is 22.7. The van der Waals surface area contributed by atoms with Crippen LogP contribution in [0.4, 0.5) is 33.5 Å². The fourth-order valence-electron chi connectivity index (χ4n) is 13.5. The number of nitrogens with zero attached hydrogens (tertiary/aromatic N) is 6. The van der Waals surface area contributed by atoms with Crippen molar-refractivity contribution in [1.29, 1.82) is 0 Å². The summed E-state index contributed by atoms with van der Waals surface area (Å²) >= 11 is 0. The van der Waals surface area contributed by atoms with Gasteiger partial charge in [-0.25, -0.2) is 22.0 Å². The van der Waals surface area contributed by atoms with Gasteiger partial charge in [-0.05, 0) is 167 Å². The predicted octanol–water partition coefficient (Wildman–Crippen LogP) is 8.45. The van der Waals surface area contributed by atoms with E-state index in [1.54, 1.807) is 18.3 Å². The number of rotatable bonds is 13. The van der Waals surface area contributed by atoms with Crippen LogP contribution in [0.1, 0.15) is 101 Å². The van der Waals surface area contributed by atoms with E-state index < -0.39 is 46.8 Å². The van der Waals surface area contributed by atoms with Crippen LogP contribution in [-0.2, 0) is 16.0 Å². The van der Waals surface area contributed by atoms with Crippen LogP contribution in [0.3, 0.4) is 0 Å². The summed E-state index contributed by atoms with van der Waals surface area (Å²) in [5, 5.41) is 20.8. The Hall–Kier alpha value is -5.72. The number of ether oxygens (including phenoxy) is 1. The number of alkyl halides is 1. The van der Waals surface area contributed by atoms with E-state index in [-0.39, 0.29) is 75.9 Å². The lowest BCUT2D eigenvalue weighted by atomic mass is 9.55. The van der Waals surface area contributed by atoms with Gasteiger partial charge in [-0.15, -0.1) is 0 Å². The molecule has 386 valence electrons. The first kappa shape index (κ1) is 48.2. The average Bonchev–Trinajstić information content (AvgIpc) is 4.05. The highest BCUT2D eigenvalue weighted by molar-refractivity contribution is 6.02. The number of halogens is 5. The summed E-state index contributed by atoms with van der Waals surface area (Å²) < 4.78 is 85.7. The van der Waals surface area contributed by atoms with E-state index in [1.807, 2.05) is 6.92 Å². The zero-order valence-electron chi connectivity index (χ0n) is 41.2. The van der Waals surface area contributed by atoms with Gasteiger partial charge in [0, 0.05) is 61.9 Å². The van der Waals surface area contributed by atoms with Crippen molar-refractivity contribution in [3.05, 3.63) is 77.0 Å². The van der Waals surface area contributed by atoms with Crippen molar-refractivity contribution in [3.8, 4) is 23.0 Å². The van der Waals surface area contributed by atoms with E-state index in [1.165, 1.54) is 24.3 Å². The monoisotopic (exact) mass is 1010 g/mol. The molecular formula is C55H62F5N9O4. The van der Waals surface area contributed by atoms with Gasteiger partial charge in [0.15, 0.2) is 5.82 Å². The summed E-state index contributed by atoms with van der Waals surface area (Å²) in [5.41, 5.74) is -0.512. The molecule has 2 saturated carbocycles. The molecular weight excluding hydrogens is 946 g/mol. The number of anilines is 2. The third-order valence-electron chi connectivity index (χ3n) is 17.4. The minimum Gasteiger partial charge on any atom is -0.508 e. The summed E-state index contributed by atoms with van der Waals surface area (Å²) in [6, 6.07) is 8.34. The van der Waals surface area contributed by atoms with Crippen LogP contribution < -0.4 is 25.6 Å². The van der Waals surface area contributed by atoms with Gasteiger partial charge < -0.3 is 35.2 Å². The standard InChI is InChI=1S/C55H62F5N9O4/c1-2-37-40(56)6-3-32-19-36(70)22-38(45(32)37)47-46(59)48-39(23-61-47)50(69-24-34-4-5-35(25-69)62-34)66-52(65-48)73-30-54(11-12-54)28-68-17-13-53(14-18-68)26-55(60,27-53)29-67-15-9-31(10-16-67)33-20-41(57)49(42(58)21-33)63-43-7-8-44(71)64-51(43)72/h3,6,19-23,31,34-35,43,62-63,70H,2,4-5,7-18,24-30H2,1H3,(H,64,71,72). The quantitative estimate of drug-likeness (QED) is 0.0663. The van der Waals surface area contributed by atoms with Gasteiger partial charge in [-0.1, -0.05) is 13.0 Å². The molecule has 5 aromatic rings. The van der Waals surface area contributed by atoms with Crippen LogP contribution in [0.2, 0.25) is 0 Å². The highest BCUT2D eigenvalue weighted by Gasteiger charge is 2.57. The molecule has 2 bridgehead atoms. The number of likely N-dealkylation sites (tertiary alicyclic amines) is 2. The number of aromatic hydroxyl groups is 1. The number of hydrogen-bond donors (Lipinski definition) is 4. The molecule has 3 unspecified atom stereocenters. The largest absolute Gasteiger partial charge is 0.508 e. The number of carbonyl (C=O) groups excluding carboxylic acids is 2. The minimum absolute atomic E-state index is 0.0247. The Morgan fingerprint density at radius 2 is 1.56 bits per heavy atom. The molecule has 4 N–H and O–H groups in total. The van der Waals surface area contributed by atoms with Crippen molar-refractivity contribution in [1.82, 2.24) is 35.4 Å². The summed E-state index contributed by atoms with van der Waals surface area (Å²) in [7, 11) is 0. The van der Waals surface area contributed by atoms with Crippen LogP contribution >= 0.6 is 0 Å². The molecule has 2 aliphatic carbocycles. The fourth-order valence-corrected chi connectivity index (χ4v) is 13.5. The minimum atomic E-state index is -1.27. The molecule has 73 heavy (non-hydrogen) atoms. The highest BCUT2D eigenvalue weighted by Crippen LogP contribution is 2.58. The van der Waals surface area contributed by atoms with Crippen molar-refractivity contribution >= 4 is 45.0 Å². The van der Waals surface area contributed by atoms with Crippen molar-refractivity contribution in [3.63, 3.8) is 0 Å². The van der Waals surface area contributed by atoms with Crippen molar-refractivity contribution in [2.45, 2.75) is 120 Å². The first-order chi connectivity index (χ1) is 35.1. The first-order valence-corrected chi connectivity index (χ1v) is 26.3. The summed E-state index contributed by atoms with van der Waals surface area (Å²) in [6.07, 6.45) is 10.4. The fraction of sp³-hybridized carbons (Fsp3) is 0.545. The van der Waals surface area contributed by atoms with Crippen molar-refractivity contribution < 1.29 is 41.4 Å². The molecule has 5 aliphatic heterocycles. The lowest BCUT2D eigenvalue weighted by molar-refractivity contribution is -0.133. The molecule has 7 heterocycles. The number of piperidine rings is 3. The number of fused-ring (bicyclic) bond motifs is 4. The van der Waals surface area contributed by atoms with Gasteiger partial charge in [-0.3, -0.25) is 19.9 Å². The van der Waals surface area contributed by atoms with Crippen LogP contribution in [0.15, 0.2) is 42.6 Å². The number of pyridine rings is 1. The number of nitrogens with one attached hydrogen (secondary N) is 3. The number of amides is 2. The van der Waals surface area contributed by atoms with Crippen LogP contribution in [0.5, 0.6) is 11.8 Å². The molecule has 3 atom stereocenters. The number of aromatic nitrogens is 3. The van der Waals surface area contributed by atoms with Gasteiger partial charge in [0.05, 0.1) is 12.0 Å². The molecule has 2 aromatic heterocycles. The van der Waals surface area contributed by atoms with Gasteiger partial charge in [0.2, 0.25) is 11.8 Å². The normalized spacial score (nSPS) is 24.8. The third-order valence-corrected chi connectivity index (χ3v) is 17.4. The topological polar surface area (TPSA) is 148 Å². The number of piperazine rings is 1. The molecule has 18 heteroatoms. The maximum Gasteiger partial charge on any atom is 0.319 e. The maximum atomic E-state index is 17.2. The highest BCUT2D eigenvalue weighted by atomic mass is 19.2. The third kappa shape index (κ3) is 9.34. The first-order valence-electron chi connectivity index (χ1n) is 26.3. The van der Waals surface area contributed by atoms with E-state index in [0.717, 1.165) is 58.2 Å². The average molecular weight is 1010 g/mol. The number of carbonyl (C=O) groups is 2. The number of phenols is 1. The number of phenolic OH excluding ortho intramolecular Hbond substituents is 1. The van der Waals surface area contributed by atoms with Crippen molar-refractivity contribution in [2.24, 2.45) is 10.8 Å².